The molecular formula is C24H19Cl2N3O6. The quantitative estimate of drug-likeness (QED) is 0.474. The maximum Gasteiger partial charge on any atom is 0.349 e. The molecule has 0 radical (unpaired) electrons. The summed E-state index contributed by atoms with van der Waals surface area (Å²) in [7, 11) is 3.14. The minimum absolute atomic E-state index is 0.207. The lowest BCUT2D eigenvalue weighted by molar-refractivity contribution is -0.132. The molecule has 9 nitrogen and oxygen atoms in total. The fourth-order valence-electron chi connectivity index (χ4n) is 3.73. The Morgan fingerprint density at radius 2 is 1.77 bits per heavy atom. The number of anilines is 1. The Morgan fingerprint density at radius 3 is 2.40 bits per heavy atom. The molecule has 2 aromatic carbocycles. The number of benzene rings is 2. The lowest BCUT2D eigenvalue weighted by atomic mass is 10.1. The summed E-state index contributed by atoms with van der Waals surface area (Å²) < 4.78 is 12.3. The first-order chi connectivity index (χ1) is 16.7. The Labute approximate surface area is 209 Å². The van der Waals surface area contributed by atoms with Crippen LogP contribution in [0, 0.1) is 0 Å². The SMILES string of the molecule is COc1cc(/C=C2\CCn3c2nc2cc(NC(=O)/C(Cl)=C(/Cl)C(=O)O)ccc2c3=O)cc(OC)c1. The summed E-state index contributed by atoms with van der Waals surface area (Å²) in [6, 6.07) is 10.0. The number of ether oxygens (including phenoxy) is 2. The van der Waals surface area contributed by atoms with Crippen molar-refractivity contribution >= 4 is 63.3 Å². The summed E-state index contributed by atoms with van der Waals surface area (Å²) >= 11 is 11.3. The van der Waals surface area contributed by atoms with Crippen LogP contribution in [0.25, 0.3) is 22.6 Å². The van der Waals surface area contributed by atoms with E-state index >= 15 is 0 Å². The highest BCUT2D eigenvalue weighted by atomic mass is 35.5. The number of carboxylic acid groups (broad SMARTS) is 1. The van der Waals surface area contributed by atoms with Gasteiger partial charge in [-0.2, -0.15) is 0 Å². The van der Waals surface area contributed by atoms with Gasteiger partial charge in [-0.1, -0.05) is 23.2 Å². The number of fused-ring (bicyclic) bond motifs is 2. The van der Waals surface area contributed by atoms with Crippen LogP contribution in [0.1, 0.15) is 17.8 Å². The van der Waals surface area contributed by atoms with Crippen molar-refractivity contribution in [1.29, 1.82) is 0 Å². The number of carbonyl (C=O) groups excluding carboxylic acids is 1. The molecule has 4 rings (SSSR count). The molecule has 0 bridgehead atoms. The second-order valence-electron chi connectivity index (χ2n) is 7.58. The fourth-order valence-corrected chi connectivity index (χ4v) is 3.94. The zero-order valence-electron chi connectivity index (χ0n) is 18.6. The predicted octanol–water partition coefficient (Wildman–Crippen LogP) is 4.07. The maximum atomic E-state index is 13.1. The van der Waals surface area contributed by atoms with E-state index in [9.17, 15) is 14.4 Å². The van der Waals surface area contributed by atoms with Gasteiger partial charge in [0, 0.05) is 18.3 Å². The molecule has 1 aliphatic heterocycles. The fraction of sp³-hybridized carbons (Fsp3) is 0.167. The first kappa shape index (κ1) is 24.3. The van der Waals surface area contributed by atoms with Gasteiger partial charge in [0.05, 0.1) is 25.1 Å². The minimum atomic E-state index is -1.52. The topological polar surface area (TPSA) is 120 Å². The average Bonchev–Trinajstić information content (AvgIpc) is 3.25. The molecule has 1 aliphatic rings. The van der Waals surface area contributed by atoms with Crippen molar-refractivity contribution in [2.75, 3.05) is 19.5 Å². The van der Waals surface area contributed by atoms with Crippen LogP contribution in [0.3, 0.4) is 0 Å². The molecule has 3 aromatic rings. The summed E-state index contributed by atoms with van der Waals surface area (Å²) in [6.45, 7) is 0.483. The Bertz CT molecular complexity index is 1470. The van der Waals surface area contributed by atoms with E-state index in [-0.39, 0.29) is 11.2 Å². The lowest BCUT2D eigenvalue weighted by Gasteiger charge is -2.09. The number of aliphatic carboxylic acids is 1. The third-order valence-electron chi connectivity index (χ3n) is 5.40. The molecule has 0 aliphatic carbocycles. The number of methoxy groups -OCH3 is 2. The van der Waals surface area contributed by atoms with E-state index in [1.165, 1.54) is 12.1 Å². The molecule has 0 spiro atoms. The van der Waals surface area contributed by atoms with E-state index in [2.05, 4.69) is 10.3 Å². The summed E-state index contributed by atoms with van der Waals surface area (Å²) in [4.78, 5) is 40.9. The van der Waals surface area contributed by atoms with Crippen LogP contribution in [0.4, 0.5) is 5.69 Å². The molecule has 180 valence electrons. The highest BCUT2D eigenvalue weighted by Gasteiger charge is 2.22. The summed E-state index contributed by atoms with van der Waals surface area (Å²) in [5.74, 6) is -0.643. The van der Waals surface area contributed by atoms with Crippen molar-refractivity contribution in [2.24, 2.45) is 0 Å². The van der Waals surface area contributed by atoms with Crippen molar-refractivity contribution in [3.8, 4) is 11.5 Å². The summed E-state index contributed by atoms with van der Waals surface area (Å²) in [6.07, 6.45) is 2.53. The van der Waals surface area contributed by atoms with Gasteiger partial charge < -0.3 is 19.9 Å². The largest absolute Gasteiger partial charge is 0.497 e. The molecule has 2 heterocycles. The number of nitrogens with zero attached hydrogens (tertiary/aromatic N) is 2. The molecule has 0 saturated heterocycles. The van der Waals surface area contributed by atoms with Crippen molar-refractivity contribution in [1.82, 2.24) is 9.55 Å². The van der Waals surface area contributed by atoms with Gasteiger partial charge in [-0.3, -0.25) is 14.2 Å². The molecule has 2 N–H and O–H groups in total. The van der Waals surface area contributed by atoms with Gasteiger partial charge in [0.25, 0.3) is 11.5 Å². The molecule has 1 amide bonds. The van der Waals surface area contributed by atoms with Crippen molar-refractivity contribution in [3.05, 3.63) is 68.2 Å². The van der Waals surface area contributed by atoms with E-state index in [1.54, 1.807) is 30.9 Å². The number of halogens is 2. The lowest BCUT2D eigenvalue weighted by Crippen LogP contribution is -2.21. The van der Waals surface area contributed by atoms with Crippen LogP contribution in [0.2, 0.25) is 0 Å². The van der Waals surface area contributed by atoms with Gasteiger partial charge in [-0.15, -0.1) is 0 Å². The van der Waals surface area contributed by atoms with Crippen molar-refractivity contribution < 1.29 is 24.2 Å². The van der Waals surface area contributed by atoms with Crippen LogP contribution >= 0.6 is 23.2 Å². The van der Waals surface area contributed by atoms with Crippen molar-refractivity contribution in [2.45, 2.75) is 13.0 Å². The number of aromatic nitrogens is 2. The van der Waals surface area contributed by atoms with Gasteiger partial charge in [-0.05, 0) is 54.0 Å². The maximum absolute atomic E-state index is 13.1. The summed E-state index contributed by atoms with van der Waals surface area (Å²) in [5.41, 5.74) is 2.11. The third kappa shape index (κ3) is 4.87. The Morgan fingerprint density at radius 1 is 1.09 bits per heavy atom. The predicted molar refractivity (Wildman–Crippen MR) is 133 cm³/mol. The molecule has 1 aromatic heterocycles. The van der Waals surface area contributed by atoms with Gasteiger partial charge in [-0.25, -0.2) is 9.78 Å². The molecule has 35 heavy (non-hydrogen) atoms. The number of hydrogen-bond donors (Lipinski definition) is 2. The van der Waals surface area contributed by atoms with Crippen LogP contribution < -0.4 is 20.3 Å². The summed E-state index contributed by atoms with van der Waals surface area (Å²) in [5, 5.41) is 10.3. The first-order valence-electron chi connectivity index (χ1n) is 10.3. The molecule has 0 fully saturated rings. The van der Waals surface area contributed by atoms with Crippen LogP contribution in [0.5, 0.6) is 11.5 Å². The number of amides is 1. The Hall–Kier alpha value is -3.82. The highest BCUT2D eigenvalue weighted by Crippen LogP contribution is 2.31. The number of carbonyl (C=O) groups is 2. The molecule has 0 atom stereocenters. The molecular weight excluding hydrogens is 497 g/mol. The van der Waals surface area contributed by atoms with Gasteiger partial charge in [0.15, 0.2) is 0 Å². The van der Waals surface area contributed by atoms with E-state index in [0.29, 0.717) is 41.2 Å². The number of hydrogen-bond acceptors (Lipinski definition) is 6. The van der Waals surface area contributed by atoms with Crippen LogP contribution in [-0.4, -0.2) is 40.8 Å². The number of nitrogens with one attached hydrogen (secondary N) is 1. The monoisotopic (exact) mass is 515 g/mol. The van der Waals surface area contributed by atoms with E-state index < -0.39 is 21.9 Å². The zero-order chi connectivity index (χ0) is 25.3. The van der Waals surface area contributed by atoms with Gasteiger partial charge >= 0.3 is 5.97 Å². The van der Waals surface area contributed by atoms with Crippen LogP contribution in [-0.2, 0) is 16.1 Å². The van der Waals surface area contributed by atoms with Gasteiger partial charge in [0.1, 0.15) is 27.4 Å². The molecule has 0 saturated carbocycles. The van der Waals surface area contributed by atoms with E-state index in [1.807, 2.05) is 18.2 Å². The number of allylic oxidation sites excluding steroid dienone is 1. The standard InChI is InChI=1S/C24H19Cl2N3O6/c1-34-15-8-12(9-16(11-15)35-2)7-13-5-6-29-21(13)28-18-10-14(3-4-17(18)23(29)31)27-22(30)19(25)20(26)24(32)33/h3-4,7-11H,5-6H2,1-2H3,(H,27,30)(H,32,33)/b13-7+,20-19-. The zero-order valence-corrected chi connectivity index (χ0v) is 20.1. The first-order valence-corrected chi connectivity index (χ1v) is 11.1. The van der Waals surface area contributed by atoms with Crippen LogP contribution in [0.15, 0.2) is 51.3 Å². The highest BCUT2D eigenvalue weighted by molar-refractivity contribution is 6.54. The molecule has 0 unspecified atom stereocenters. The van der Waals surface area contributed by atoms with Crippen molar-refractivity contribution in [3.63, 3.8) is 0 Å². The number of rotatable bonds is 6. The second-order valence-corrected chi connectivity index (χ2v) is 8.33. The smallest absolute Gasteiger partial charge is 0.349 e. The Balaban J connectivity index is 1.74. The van der Waals surface area contributed by atoms with Gasteiger partial charge in [0.2, 0.25) is 0 Å². The normalized spacial score (nSPS) is 14.5. The average molecular weight is 516 g/mol. The van der Waals surface area contributed by atoms with E-state index in [4.69, 9.17) is 37.8 Å². The minimum Gasteiger partial charge on any atom is -0.497 e. The second kappa shape index (κ2) is 9.81. The molecule has 11 heteroatoms. The van der Waals surface area contributed by atoms with E-state index in [0.717, 1.165) is 11.1 Å². The Kier molecular flexibility index (Phi) is 6.81. The third-order valence-corrected chi connectivity index (χ3v) is 6.21. The number of carboxylic acids is 1.